The van der Waals surface area contributed by atoms with E-state index in [0.717, 1.165) is 0 Å². The number of hydrogen-bond donors (Lipinski definition) is 0. The van der Waals surface area contributed by atoms with Gasteiger partial charge < -0.3 is 14.4 Å². The summed E-state index contributed by atoms with van der Waals surface area (Å²) in [5.74, 6) is -0.748. The van der Waals surface area contributed by atoms with E-state index >= 15 is 0 Å². The quantitative estimate of drug-likeness (QED) is 0.464. The summed E-state index contributed by atoms with van der Waals surface area (Å²) < 4.78 is 10.0. The zero-order chi connectivity index (χ0) is 15.2. The number of nitro groups is 1. The Labute approximate surface area is 120 Å². The molecule has 0 radical (unpaired) electrons. The van der Waals surface area contributed by atoms with Gasteiger partial charge in [-0.25, -0.2) is 4.79 Å². The van der Waals surface area contributed by atoms with Crippen molar-refractivity contribution in [3.05, 3.63) is 33.9 Å². The van der Waals surface area contributed by atoms with Gasteiger partial charge in [0.05, 0.1) is 29.4 Å². The number of nitrogens with zero attached hydrogens (tertiary/aromatic N) is 3. The largest absolute Gasteiger partial charge is 0.447 e. The van der Waals surface area contributed by atoms with Crippen LogP contribution in [-0.4, -0.2) is 43.8 Å². The van der Waals surface area contributed by atoms with E-state index in [0.29, 0.717) is 32.0 Å². The molecule has 0 aliphatic carbocycles. The summed E-state index contributed by atoms with van der Waals surface area (Å²) in [5, 5.41) is 19.3. The van der Waals surface area contributed by atoms with Crippen LogP contribution in [0.25, 0.3) is 0 Å². The van der Waals surface area contributed by atoms with Crippen LogP contribution in [0.15, 0.2) is 18.2 Å². The molecule has 0 N–H and O–H groups in total. The zero-order valence-corrected chi connectivity index (χ0v) is 11.2. The molecule has 0 spiro atoms. The lowest BCUT2D eigenvalue weighted by Gasteiger charge is -2.30. The number of nitro benzene ring substituents is 1. The summed E-state index contributed by atoms with van der Waals surface area (Å²) in [7, 11) is 0. The van der Waals surface area contributed by atoms with Gasteiger partial charge in [0.1, 0.15) is 6.07 Å². The molecule has 0 unspecified atom stereocenters. The third-order valence-electron chi connectivity index (χ3n) is 3.03. The molecule has 0 amide bonds. The Kier molecular flexibility index (Phi) is 4.68. The van der Waals surface area contributed by atoms with Crippen molar-refractivity contribution < 1.29 is 19.2 Å². The number of carbonyl (C=O) groups excluding carboxylic acids is 1. The summed E-state index contributed by atoms with van der Waals surface area (Å²) >= 11 is 0. The third kappa shape index (κ3) is 3.46. The smallest absolute Gasteiger partial charge is 0.341 e. The van der Waals surface area contributed by atoms with E-state index in [9.17, 15) is 14.9 Å². The number of nitriles is 1. The minimum absolute atomic E-state index is 0.0846. The van der Waals surface area contributed by atoms with Crippen LogP contribution in [0, 0.1) is 21.4 Å². The van der Waals surface area contributed by atoms with Crippen LogP contribution < -0.4 is 4.90 Å². The maximum absolute atomic E-state index is 12.0. The minimum atomic E-state index is -0.748. The van der Waals surface area contributed by atoms with Crippen molar-refractivity contribution in [1.82, 2.24) is 0 Å². The van der Waals surface area contributed by atoms with Gasteiger partial charge >= 0.3 is 5.97 Å². The molecule has 0 bridgehead atoms. The average Bonchev–Trinajstić information content (AvgIpc) is 2.52. The molecular weight excluding hydrogens is 278 g/mol. The predicted octanol–water partition coefficient (Wildman–Crippen LogP) is 1.11. The lowest BCUT2D eigenvalue weighted by Crippen LogP contribution is -2.37. The number of rotatable bonds is 4. The molecule has 0 aromatic heterocycles. The maximum Gasteiger partial charge on any atom is 0.341 e. The molecule has 110 valence electrons. The number of benzene rings is 1. The Balaban J connectivity index is 2.35. The summed E-state index contributed by atoms with van der Waals surface area (Å²) in [5.41, 5.74) is 0.434. The summed E-state index contributed by atoms with van der Waals surface area (Å²) in [6, 6.07) is 5.72. The van der Waals surface area contributed by atoms with Crippen LogP contribution in [0.3, 0.4) is 0 Å². The Morgan fingerprint density at radius 1 is 1.48 bits per heavy atom. The number of hydrogen-bond acceptors (Lipinski definition) is 7. The van der Waals surface area contributed by atoms with Crippen molar-refractivity contribution in [2.24, 2.45) is 0 Å². The molecule has 1 fully saturated rings. The van der Waals surface area contributed by atoms with E-state index < -0.39 is 17.5 Å². The molecule has 2 rings (SSSR count). The van der Waals surface area contributed by atoms with E-state index in [2.05, 4.69) is 0 Å². The maximum atomic E-state index is 12.0. The first-order chi connectivity index (χ1) is 10.1. The molecule has 1 aliphatic rings. The van der Waals surface area contributed by atoms with Gasteiger partial charge in [0.25, 0.3) is 5.69 Å². The van der Waals surface area contributed by atoms with E-state index in [1.807, 2.05) is 4.90 Å². The number of non-ortho nitro benzene ring substituents is 1. The second kappa shape index (κ2) is 6.67. The third-order valence-corrected chi connectivity index (χ3v) is 3.03. The number of morpholine rings is 1. The monoisotopic (exact) mass is 291 g/mol. The van der Waals surface area contributed by atoms with Gasteiger partial charge in [0.15, 0.2) is 6.61 Å². The topological polar surface area (TPSA) is 106 Å². The van der Waals surface area contributed by atoms with Gasteiger partial charge in [-0.3, -0.25) is 10.1 Å². The minimum Gasteiger partial charge on any atom is -0.447 e. The lowest BCUT2D eigenvalue weighted by atomic mass is 10.1. The SMILES string of the molecule is N#CCOC(=O)c1cc([N+](=O)[O-])ccc1N1CCOCC1. The van der Waals surface area contributed by atoms with Gasteiger partial charge in [-0.1, -0.05) is 0 Å². The fraction of sp³-hybridized carbons (Fsp3) is 0.385. The first-order valence-corrected chi connectivity index (χ1v) is 6.28. The predicted molar refractivity (Wildman–Crippen MR) is 72.0 cm³/mol. The number of esters is 1. The number of anilines is 1. The highest BCUT2D eigenvalue weighted by Gasteiger charge is 2.22. The number of carbonyl (C=O) groups is 1. The molecular formula is C13H13N3O5. The van der Waals surface area contributed by atoms with Gasteiger partial charge in [-0.15, -0.1) is 0 Å². The highest BCUT2D eigenvalue weighted by atomic mass is 16.6. The van der Waals surface area contributed by atoms with Gasteiger partial charge in [-0.2, -0.15) is 5.26 Å². The standard InChI is InChI=1S/C13H13N3O5/c14-3-6-21-13(17)11-9-10(16(18)19)1-2-12(11)15-4-7-20-8-5-15/h1-2,9H,4-8H2. The van der Waals surface area contributed by atoms with Crippen molar-refractivity contribution in [2.45, 2.75) is 0 Å². The number of ether oxygens (including phenoxy) is 2. The van der Waals surface area contributed by atoms with Crippen LogP contribution in [0.1, 0.15) is 10.4 Å². The molecule has 0 saturated carbocycles. The normalized spacial score (nSPS) is 14.3. The molecule has 21 heavy (non-hydrogen) atoms. The first kappa shape index (κ1) is 14.7. The average molecular weight is 291 g/mol. The summed E-state index contributed by atoms with van der Waals surface area (Å²) in [6.07, 6.45) is 0. The van der Waals surface area contributed by atoms with Crippen molar-refractivity contribution in [3.63, 3.8) is 0 Å². The highest BCUT2D eigenvalue weighted by Crippen LogP contribution is 2.27. The second-order valence-electron chi connectivity index (χ2n) is 4.29. The van der Waals surface area contributed by atoms with Gasteiger partial charge in [0.2, 0.25) is 0 Å². The van der Waals surface area contributed by atoms with Crippen LogP contribution in [0.4, 0.5) is 11.4 Å². The molecule has 1 aliphatic heterocycles. The van der Waals surface area contributed by atoms with Crippen LogP contribution in [0.2, 0.25) is 0 Å². The Hall–Kier alpha value is -2.66. The van der Waals surface area contributed by atoms with Crippen molar-refractivity contribution in [1.29, 1.82) is 5.26 Å². The van der Waals surface area contributed by atoms with Crippen molar-refractivity contribution in [3.8, 4) is 6.07 Å². The summed E-state index contributed by atoms with van der Waals surface area (Å²) in [4.78, 5) is 24.2. The van der Waals surface area contributed by atoms with E-state index in [4.69, 9.17) is 14.7 Å². The Bertz CT molecular complexity index is 590. The van der Waals surface area contributed by atoms with Crippen molar-refractivity contribution in [2.75, 3.05) is 37.8 Å². The van der Waals surface area contributed by atoms with Gasteiger partial charge in [0, 0.05) is 25.2 Å². The molecule has 1 aromatic carbocycles. The second-order valence-corrected chi connectivity index (χ2v) is 4.29. The summed E-state index contributed by atoms with van der Waals surface area (Å²) in [6.45, 7) is 1.80. The molecule has 1 aromatic rings. The Morgan fingerprint density at radius 2 is 2.19 bits per heavy atom. The van der Waals surface area contributed by atoms with Crippen LogP contribution in [-0.2, 0) is 9.47 Å². The van der Waals surface area contributed by atoms with E-state index in [-0.39, 0.29) is 11.3 Å². The van der Waals surface area contributed by atoms with Crippen LogP contribution >= 0.6 is 0 Å². The first-order valence-electron chi connectivity index (χ1n) is 6.28. The Morgan fingerprint density at radius 3 is 2.81 bits per heavy atom. The van der Waals surface area contributed by atoms with Crippen molar-refractivity contribution >= 4 is 17.3 Å². The molecule has 1 heterocycles. The van der Waals surface area contributed by atoms with E-state index in [1.165, 1.54) is 18.2 Å². The zero-order valence-electron chi connectivity index (χ0n) is 11.2. The molecule has 1 saturated heterocycles. The van der Waals surface area contributed by atoms with Gasteiger partial charge in [-0.05, 0) is 6.07 Å². The van der Waals surface area contributed by atoms with Crippen LogP contribution in [0.5, 0.6) is 0 Å². The molecule has 8 nitrogen and oxygen atoms in total. The fourth-order valence-electron chi connectivity index (χ4n) is 2.06. The lowest BCUT2D eigenvalue weighted by molar-refractivity contribution is -0.384. The fourth-order valence-corrected chi connectivity index (χ4v) is 2.06. The van der Waals surface area contributed by atoms with E-state index in [1.54, 1.807) is 6.07 Å². The highest BCUT2D eigenvalue weighted by molar-refractivity contribution is 5.96. The molecule has 8 heteroatoms. The molecule has 0 atom stereocenters.